The first-order chi connectivity index (χ1) is 11.2. The van der Waals surface area contributed by atoms with Gasteiger partial charge in [-0.1, -0.05) is 29.5 Å². The van der Waals surface area contributed by atoms with E-state index < -0.39 is 6.04 Å². The normalized spacial score (nSPS) is 18.2. The minimum Gasteiger partial charge on any atom is -0.295 e. The fraction of sp³-hybridized carbons (Fsp3) is 0.188. The third-order valence-electron chi connectivity index (χ3n) is 3.95. The molecule has 4 rings (SSSR count). The van der Waals surface area contributed by atoms with Gasteiger partial charge in [-0.2, -0.15) is 0 Å². The molecule has 2 aromatic heterocycles. The summed E-state index contributed by atoms with van der Waals surface area (Å²) in [6.07, 6.45) is 4.20. The van der Waals surface area contributed by atoms with Gasteiger partial charge in [0.15, 0.2) is 0 Å². The van der Waals surface area contributed by atoms with E-state index in [9.17, 15) is 9.59 Å². The van der Waals surface area contributed by atoms with Crippen LogP contribution >= 0.6 is 0 Å². The number of nitrogens with zero attached hydrogens (tertiary/aromatic N) is 4. The maximum absolute atomic E-state index is 11.9. The number of rotatable bonds is 2. The first kappa shape index (κ1) is 13.6. The number of fused-ring (bicyclic) bond motifs is 1. The van der Waals surface area contributed by atoms with Crippen LogP contribution in [0.25, 0.3) is 22.2 Å². The summed E-state index contributed by atoms with van der Waals surface area (Å²) in [6.45, 7) is 0. The predicted octanol–water partition coefficient (Wildman–Crippen LogP) is 1.47. The SMILES string of the molecule is O=C1CCC(n2cc(-c3cccc4cccnc34)nn2)C(=O)N1. The number of carbonyl (C=O) groups excluding carboxylic acids is 2. The molecule has 7 heteroatoms. The number of para-hydroxylation sites is 1. The highest BCUT2D eigenvalue weighted by Gasteiger charge is 2.29. The van der Waals surface area contributed by atoms with Gasteiger partial charge in [-0.3, -0.25) is 19.9 Å². The Hall–Kier alpha value is -3.09. The minimum atomic E-state index is -0.503. The van der Waals surface area contributed by atoms with Gasteiger partial charge in [0.1, 0.15) is 11.7 Å². The van der Waals surface area contributed by atoms with Crippen molar-refractivity contribution in [2.45, 2.75) is 18.9 Å². The Bertz CT molecular complexity index is 912. The molecular weight excluding hydrogens is 294 g/mol. The molecule has 1 unspecified atom stereocenters. The number of imide groups is 1. The van der Waals surface area contributed by atoms with Crippen molar-refractivity contribution in [3.63, 3.8) is 0 Å². The highest BCUT2D eigenvalue weighted by Crippen LogP contribution is 2.26. The van der Waals surface area contributed by atoms with E-state index >= 15 is 0 Å². The molecule has 3 heterocycles. The number of piperidine rings is 1. The summed E-state index contributed by atoms with van der Waals surface area (Å²) in [6, 6.07) is 9.20. The number of nitrogens with one attached hydrogen (secondary N) is 1. The van der Waals surface area contributed by atoms with E-state index in [4.69, 9.17) is 0 Å². The monoisotopic (exact) mass is 307 g/mol. The molecular formula is C16H13N5O2. The summed E-state index contributed by atoms with van der Waals surface area (Å²) < 4.78 is 1.51. The molecule has 1 aliphatic heterocycles. The summed E-state index contributed by atoms with van der Waals surface area (Å²) in [5.41, 5.74) is 2.35. The molecule has 0 saturated carbocycles. The topological polar surface area (TPSA) is 89.8 Å². The Kier molecular flexibility index (Phi) is 3.11. The van der Waals surface area contributed by atoms with Gasteiger partial charge in [0.05, 0.1) is 11.7 Å². The van der Waals surface area contributed by atoms with Crippen LogP contribution in [0.5, 0.6) is 0 Å². The Labute approximate surface area is 131 Å². The zero-order valence-electron chi connectivity index (χ0n) is 12.1. The summed E-state index contributed by atoms with van der Waals surface area (Å²) in [5, 5.41) is 11.6. The zero-order valence-corrected chi connectivity index (χ0v) is 12.1. The summed E-state index contributed by atoms with van der Waals surface area (Å²) in [4.78, 5) is 27.6. The van der Waals surface area contributed by atoms with Gasteiger partial charge in [0, 0.05) is 23.6 Å². The third-order valence-corrected chi connectivity index (χ3v) is 3.95. The van der Waals surface area contributed by atoms with E-state index in [-0.39, 0.29) is 11.8 Å². The zero-order chi connectivity index (χ0) is 15.8. The van der Waals surface area contributed by atoms with Crippen LogP contribution in [0, 0.1) is 0 Å². The second kappa shape index (κ2) is 5.28. The highest BCUT2D eigenvalue weighted by atomic mass is 16.2. The number of benzene rings is 1. The van der Waals surface area contributed by atoms with Crippen LogP contribution in [-0.4, -0.2) is 31.8 Å². The first-order valence-electron chi connectivity index (χ1n) is 7.32. The lowest BCUT2D eigenvalue weighted by atomic mass is 10.1. The van der Waals surface area contributed by atoms with Gasteiger partial charge in [-0.25, -0.2) is 4.68 Å². The van der Waals surface area contributed by atoms with E-state index in [0.717, 1.165) is 16.5 Å². The maximum atomic E-state index is 11.9. The van der Waals surface area contributed by atoms with E-state index in [2.05, 4.69) is 20.6 Å². The number of hydrogen-bond acceptors (Lipinski definition) is 5. The maximum Gasteiger partial charge on any atom is 0.251 e. The van der Waals surface area contributed by atoms with Gasteiger partial charge in [-0.15, -0.1) is 5.10 Å². The molecule has 0 radical (unpaired) electrons. The molecule has 0 bridgehead atoms. The second-order valence-corrected chi connectivity index (χ2v) is 5.43. The summed E-state index contributed by atoms with van der Waals surface area (Å²) >= 11 is 0. The van der Waals surface area contributed by atoms with E-state index in [0.29, 0.717) is 18.5 Å². The molecule has 1 atom stereocenters. The fourth-order valence-electron chi connectivity index (χ4n) is 2.80. The van der Waals surface area contributed by atoms with Crippen molar-refractivity contribution in [2.75, 3.05) is 0 Å². The van der Waals surface area contributed by atoms with Crippen molar-refractivity contribution in [2.24, 2.45) is 0 Å². The number of carbonyl (C=O) groups is 2. The molecule has 7 nitrogen and oxygen atoms in total. The molecule has 1 aromatic carbocycles. The van der Waals surface area contributed by atoms with Gasteiger partial charge >= 0.3 is 0 Å². The molecule has 1 saturated heterocycles. The Balaban J connectivity index is 1.73. The standard InChI is InChI=1S/C16H13N5O2/c22-14-7-6-13(16(23)18-14)21-9-12(19-20-21)11-5-1-3-10-4-2-8-17-15(10)11/h1-5,8-9,13H,6-7H2,(H,18,22,23). The van der Waals surface area contributed by atoms with Crippen LogP contribution in [0.4, 0.5) is 0 Å². The van der Waals surface area contributed by atoms with Crippen LogP contribution < -0.4 is 5.32 Å². The van der Waals surface area contributed by atoms with E-state index in [1.54, 1.807) is 12.4 Å². The lowest BCUT2D eigenvalue weighted by Gasteiger charge is -2.20. The molecule has 2 amide bonds. The minimum absolute atomic E-state index is 0.246. The quantitative estimate of drug-likeness (QED) is 0.724. The van der Waals surface area contributed by atoms with Crippen LogP contribution in [0.1, 0.15) is 18.9 Å². The largest absolute Gasteiger partial charge is 0.295 e. The number of amides is 2. The van der Waals surface area contributed by atoms with Crippen LogP contribution in [0.15, 0.2) is 42.7 Å². The van der Waals surface area contributed by atoms with Crippen molar-refractivity contribution < 1.29 is 9.59 Å². The smallest absolute Gasteiger partial charge is 0.251 e. The van der Waals surface area contributed by atoms with Gasteiger partial charge in [0.25, 0.3) is 5.91 Å². The van der Waals surface area contributed by atoms with Crippen molar-refractivity contribution in [3.05, 3.63) is 42.7 Å². The lowest BCUT2D eigenvalue weighted by molar-refractivity contribution is -0.136. The fourth-order valence-corrected chi connectivity index (χ4v) is 2.80. The Morgan fingerprint density at radius 3 is 2.91 bits per heavy atom. The highest BCUT2D eigenvalue weighted by molar-refractivity contribution is 5.99. The Morgan fingerprint density at radius 2 is 2.04 bits per heavy atom. The van der Waals surface area contributed by atoms with Crippen molar-refractivity contribution in [1.29, 1.82) is 0 Å². The summed E-state index contributed by atoms with van der Waals surface area (Å²) in [5.74, 6) is -0.585. The molecule has 0 aliphatic carbocycles. The molecule has 1 aliphatic rings. The Morgan fingerprint density at radius 1 is 1.17 bits per heavy atom. The first-order valence-corrected chi connectivity index (χ1v) is 7.32. The van der Waals surface area contributed by atoms with Crippen LogP contribution in [0.3, 0.4) is 0 Å². The predicted molar refractivity (Wildman–Crippen MR) is 82.2 cm³/mol. The van der Waals surface area contributed by atoms with E-state index in [1.165, 1.54) is 4.68 Å². The average Bonchev–Trinajstić information content (AvgIpc) is 3.04. The van der Waals surface area contributed by atoms with Gasteiger partial charge < -0.3 is 0 Å². The van der Waals surface area contributed by atoms with Crippen molar-refractivity contribution in [1.82, 2.24) is 25.3 Å². The number of aromatic nitrogens is 4. The third kappa shape index (κ3) is 2.36. The van der Waals surface area contributed by atoms with E-state index in [1.807, 2.05) is 30.3 Å². The van der Waals surface area contributed by atoms with Crippen molar-refractivity contribution >= 4 is 22.7 Å². The van der Waals surface area contributed by atoms with Crippen molar-refractivity contribution in [3.8, 4) is 11.3 Å². The van der Waals surface area contributed by atoms with Crippen LogP contribution in [-0.2, 0) is 9.59 Å². The molecule has 114 valence electrons. The number of pyridine rings is 1. The second-order valence-electron chi connectivity index (χ2n) is 5.43. The molecule has 0 spiro atoms. The van der Waals surface area contributed by atoms with Gasteiger partial charge in [0.2, 0.25) is 5.91 Å². The van der Waals surface area contributed by atoms with Crippen LogP contribution in [0.2, 0.25) is 0 Å². The van der Waals surface area contributed by atoms with Gasteiger partial charge in [-0.05, 0) is 12.5 Å². The lowest BCUT2D eigenvalue weighted by Crippen LogP contribution is -2.41. The number of hydrogen-bond donors (Lipinski definition) is 1. The molecule has 1 N–H and O–H groups in total. The molecule has 23 heavy (non-hydrogen) atoms. The molecule has 1 fully saturated rings. The summed E-state index contributed by atoms with van der Waals surface area (Å²) in [7, 11) is 0. The molecule has 3 aromatic rings. The average molecular weight is 307 g/mol.